The molecule has 0 aromatic rings. The molecule has 2 N–H and O–H groups in total. The van der Waals surface area contributed by atoms with Gasteiger partial charge in [0.1, 0.15) is 0 Å². The molecule has 1 rings (SSSR count). The number of hydrogen-bond donors (Lipinski definition) is 2. The predicted octanol–water partition coefficient (Wildman–Crippen LogP) is 2.46. The van der Waals surface area contributed by atoms with Crippen molar-refractivity contribution in [2.24, 2.45) is 5.92 Å². The number of nitrogens with one attached hydrogen (secondary N) is 2. The van der Waals surface area contributed by atoms with E-state index in [4.69, 9.17) is 0 Å². The van der Waals surface area contributed by atoms with Gasteiger partial charge in [0.15, 0.2) is 0 Å². The van der Waals surface area contributed by atoms with E-state index in [-0.39, 0.29) is 5.91 Å². The molecule has 0 heterocycles. The van der Waals surface area contributed by atoms with Crippen molar-refractivity contribution in [2.45, 2.75) is 71.4 Å². The average Bonchev–Trinajstić information content (AvgIpc) is 2.31. The molecule has 17 heavy (non-hydrogen) atoms. The van der Waals surface area contributed by atoms with Gasteiger partial charge in [-0.25, -0.2) is 0 Å². The third kappa shape index (κ3) is 6.06. The summed E-state index contributed by atoms with van der Waals surface area (Å²) in [6.07, 6.45) is 6.81. The largest absolute Gasteiger partial charge is 0.354 e. The Kier molecular flexibility index (Phi) is 6.56. The van der Waals surface area contributed by atoms with Gasteiger partial charge in [0, 0.05) is 25.0 Å². The lowest BCUT2D eigenvalue weighted by molar-refractivity contribution is -0.121. The van der Waals surface area contributed by atoms with E-state index in [2.05, 4.69) is 24.5 Å². The zero-order valence-electron chi connectivity index (χ0n) is 11.6. The molecule has 100 valence electrons. The number of carbonyl (C=O) groups is 1. The second kappa shape index (κ2) is 7.70. The fraction of sp³-hybridized carbons (Fsp3) is 0.929. The highest BCUT2D eigenvalue weighted by molar-refractivity contribution is 5.76. The Labute approximate surface area is 106 Å². The Hall–Kier alpha value is -0.570. The minimum absolute atomic E-state index is 0.177. The Morgan fingerprint density at radius 1 is 1.29 bits per heavy atom. The van der Waals surface area contributed by atoms with E-state index in [0.29, 0.717) is 18.5 Å². The molecule has 3 nitrogen and oxygen atoms in total. The highest BCUT2D eigenvalue weighted by Crippen LogP contribution is 2.23. The van der Waals surface area contributed by atoms with E-state index >= 15 is 0 Å². The summed E-state index contributed by atoms with van der Waals surface area (Å²) in [6.45, 7) is 7.29. The van der Waals surface area contributed by atoms with Gasteiger partial charge in [-0.1, -0.05) is 13.8 Å². The maximum Gasteiger partial charge on any atom is 0.221 e. The van der Waals surface area contributed by atoms with Crippen molar-refractivity contribution in [3.8, 4) is 0 Å². The van der Waals surface area contributed by atoms with Crippen molar-refractivity contribution in [2.75, 3.05) is 6.54 Å². The van der Waals surface area contributed by atoms with E-state index in [1.807, 2.05) is 6.92 Å². The molecule has 1 amide bonds. The number of carbonyl (C=O) groups excluding carboxylic acids is 1. The first-order valence-electron chi connectivity index (χ1n) is 7.14. The second-order valence-corrected chi connectivity index (χ2v) is 5.54. The fourth-order valence-corrected chi connectivity index (χ4v) is 2.30. The molecule has 0 spiro atoms. The van der Waals surface area contributed by atoms with E-state index < -0.39 is 0 Å². The van der Waals surface area contributed by atoms with Crippen LogP contribution in [0.5, 0.6) is 0 Å². The van der Waals surface area contributed by atoms with Crippen LogP contribution in [0.4, 0.5) is 0 Å². The summed E-state index contributed by atoms with van der Waals surface area (Å²) in [5.74, 6) is 1.07. The molecule has 0 aromatic heterocycles. The normalized spacial score (nSPS) is 26.5. The number of amides is 1. The molecule has 0 bridgehead atoms. The van der Waals surface area contributed by atoms with E-state index in [9.17, 15) is 4.79 Å². The van der Waals surface area contributed by atoms with E-state index in [1.54, 1.807) is 0 Å². The smallest absolute Gasteiger partial charge is 0.221 e. The highest BCUT2D eigenvalue weighted by atomic mass is 16.1. The van der Waals surface area contributed by atoms with Crippen molar-refractivity contribution in [3.63, 3.8) is 0 Å². The monoisotopic (exact) mass is 240 g/mol. The molecule has 1 unspecified atom stereocenters. The van der Waals surface area contributed by atoms with Crippen LogP contribution < -0.4 is 10.6 Å². The molecule has 0 radical (unpaired) electrons. The Balaban J connectivity index is 2.05. The molecule has 1 fully saturated rings. The molecule has 3 heteroatoms. The molecule has 1 atom stereocenters. The minimum Gasteiger partial charge on any atom is -0.354 e. The van der Waals surface area contributed by atoms with Gasteiger partial charge in [0.2, 0.25) is 5.91 Å². The van der Waals surface area contributed by atoms with E-state index in [1.165, 1.54) is 25.7 Å². The van der Waals surface area contributed by atoms with Crippen LogP contribution in [-0.2, 0) is 4.79 Å². The lowest BCUT2D eigenvalue weighted by Crippen LogP contribution is -2.37. The van der Waals surface area contributed by atoms with Crippen LogP contribution in [0, 0.1) is 5.92 Å². The summed E-state index contributed by atoms with van der Waals surface area (Å²) in [5, 5.41) is 6.50. The predicted molar refractivity (Wildman–Crippen MR) is 71.9 cm³/mol. The summed E-state index contributed by atoms with van der Waals surface area (Å²) < 4.78 is 0. The first kappa shape index (κ1) is 14.5. The molecular weight excluding hydrogens is 212 g/mol. The van der Waals surface area contributed by atoms with E-state index in [0.717, 1.165) is 18.9 Å². The molecule has 1 saturated carbocycles. The fourth-order valence-electron chi connectivity index (χ4n) is 2.30. The third-order valence-electron chi connectivity index (χ3n) is 3.82. The molecule has 0 saturated heterocycles. The van der Waals surface area contributed by atoms with Crippen LogP contribution in [0.25, 0.3) is 0 Å². The first-order chi connectivity index (χ1) is 8.11. The summed E-state index contributed by atoms with van der Waals surface area (Å²) in [6, 6.07) is 0.945. The van der Waals surface area contributed by atoms with Crippen molar-refractivity contribution >= 4 is 5.91 Å². The van der Waals surface area contributed by atoms with Gasteiger partial charge in [0.25, 0.3) is 0 Å². The quantitative estimate of drug-likeness (QED) is 0.749. The Bertz CT molecular complexity index is 222. The van der Waals surface area contributed by atoms with Gasteiger partial charge >= 0.3 is 0 Å². The van der Waals surface area contributed by atoms with Gasteiger partial charge < -0.3 is 10.6 Å². The van der Waals surface area contributed by atoms with Gasteiger partial charge in [-0.3, -0.25) is 4.79 Å². The molecule has 1 aliphatic carbocycles. The number of hydrogen-bond acceptors (Lipinski definition) is 2. The van der Waals surface area contributed by atoms with Gasteiger partial charge in [-0.05, 0) is 44.9 Å². The van der Waals surface area contributed by atoms with Gasteiger partial charge in [-0.2, -0.15) is 0 Å². The maximum atomic E-state index is 11.6. The van der Waals surface area contributed by atoms with Crippen LogP contribution in [0.15, 0.2) is 0 Å². The van der Waals surface area contributed by atoms with Crippen LogP contribution >= 0.6 is 0 Å². The summed E-state index contributed by atoms with van der Waals surface area (Å²) >= 11 is 0. The van der Waals surface area contributed by atoms with Crippen molar-refractivity contribution in [3.05, 3.63) is 0 Å². The average molecular weight is 240 g/mol. The lowest BCUT2D eigenvalue weighted by atomic mass is 9.87. The standard InChI is InChI=1S/C14H28N2O/c1-4-12(3)16-14(17)9-10-15-13-7-5-11(2)6-8-13/h11-13,15H,4-10H2,1-3H3,(H,16,17). The molecular formula is C14H28N2O. The lowest BCUT2D eigenvalue weighted by Gasteiger charge is -2.27. The second-order valence-electron chi connectivity index (χ2n) is 5.54. The van der Waals surface area contributed by atoms with Crippen molar-refractivity contribution in [1.29, 1.82) is 0 Å². The van der Waals surface area contributed by atoms with Gasteiger partial charge in [-0.15, -0.1) is 0 Å². The SMILES string of the molecule is CCC(C)NC(=O)CCNC1CCC(C)CC1. The molecule has 0 aromatic carbocycles. The maximum absolute atomic E-state index is 11.6. The van der Waals surface area contributed by atoms with Crippen LogP contribution in [0.2, 0.25) is 0 Å². The van der Waals surface area contributed by atoms with Crippen LogP contribution in [0.1, 0.15) is 59.3 Å². The zero-order valence-corrected chi connectivity index (χ0v) is 11.6. The summed E-state index contributed by atoms with van der Waals surface area (Å²) in [7, 11) is 0. The zero-order chi connectivity index (χ0) is 12.7. The molecule has 0 aliphatic heterocycles. The Morgan fingerprint density at radius 3 is 2.53 bits per heavy atom. The number of rotatable bonds is 6. The van der Waals surface area contributed by atoms with Crippen LogP contribution in [0.3, 0.4) is 0 Å². The first-order valence-corrected chi connectivity index (χ1v) is 7.14. The minimum atomic E-state index is 0.177. The topological polar surface area (TPSA) is 41.1 Å². The van der Waals surface area contributed by atoms with Gasteiger partial charge in [0.05, 0.1) is 0 Å². The Morgan fingerprint density at radius 2 is 1.94 bits per heavy atom. The summed E-state index contributed by atoms with van der Waals surface area (Å²) in [4.78, 5) is 11.6. The van der Waals surface area contributed by atoms with Crippen molar-refractivity contribution < 1.29 is 4.79 Å². The molecule has 1 aliphatic rings. The van der Waals surface area contributed by atoms with Crippen LogP contribution in [-0.4, -0.2) is 24.5 Å². The highest BCUT2D eigenvalue weighted by Gasteiger charge is 2.17. The summed E-state index contributed by atoms with van der Waals surface area (Å²) in [5.41, 5.74) is 0. The third-order valence-corrected chi connectivity index (χ3v) is 3.82. The van der Waals surface area contributed by atoms with Crippen molar-refractivity contribution in [1.82, 2.24) is 10.6 Å².